The summed E-state index contributed by atoms with van der Waals surface area (Å²) >= 11 is 0. The quantitative estimate of drug-likeness (QED) is 0.493. The number of benzene rings is 1. The van der Waals surface area contributed by atoms with Crippen LogP contribution in [0.15, 0.2) is 18.2 Å². The maximum atomic E-state index is 10.9. The van der Waals surface area contributed by atoms with Gasteiger partial charge in [0.2, 0.25) is 0 Å². The van der Waals surface area contributed by atoms with E-state index in [1.807, 2.05) is 0 Å². The fraction of sp³-hybridized carbons (Fsp3) is 0.533. The molecule has 0 fully saturated rings. The summed E-state index contributed by atoms with van der Waals surface area (Å²) in [6.07, 6.45) is 6.73. The number of unbranched alkanes of at least 4 members (excludes halogenated alkanes) is 4. The smallest absolute Gasteiger partial charge is 0.171 e. The Bertz CT molecular complexity index is 361. The third kappa shape index (κ3) is 4.40. The van der Waals surface area contributed by atoms with E-state index in [4.69, 9.17) is 9.47 Å². The van der Waals surface area contributed by atoms with Crippen LogP contribution in [-0.2, 0) is 0 Å². The molecule has 0 atom stereocenters. The number of ether oxygens (including phenoxy) is 2. The number of methoxy groups -OCH3 is 1. The van der Waals surface area contributed by atoms with E-state index < -0.39 is 0 Å². The van der Waals surface area contributed by atoms with Crippen LogP contribution in [-0.4, -0.2) is 20.0 Å². The van der Waals surface area contributed by atoms with Gasteiger partial charge in [-0.3, -0.25) is 4.79 Å². The van der Waals surface area contributed by atoms with Crippen LogP contribution in [0, 0.1) is 0 Å². The van der Waals surface area contributed by atoms with Crippen LogP contribution in [0.4, 0.5) is 0 Å². The van der Waals surface area contributed by atoms with Gasteiger partial charge in [-0.05, 0) is 18.6 Å². The minimum atomic E-state index is 0.544. The van der Waals surface area contributed by atoms with Crippen molar-refractivity contribution < 1.29 is 14.3 Å². The molecule has 18 heavy (non-hydrogen) atoms. The lowest BCUT2D eigenvalue weighted by Crippen LogP contribution is -2.02. The summed E-state index contributed by atoms with van der Waals surface area (Å²) in [5.74, 6) is 1.18. The van der Waals surface area contributed by atoms with Crippen molar-refractivity contribution in [1.82, 2.24) is 0 Å². The lowest BCUT2D eigenvalue weighted by Gasteiger charge is -2.12. The summed E-state index contributed by atoms with van der Waals surface area (Å²) in [7, 11) is 1.58. The summed E-state index contributed by atoms with van der Waals surface area (Å²) in [6.45, 7) is 2.83. The third-order valence-corrected chi connectivity index (χ3v) is 2.85. The average molecular weight is 250 g/mol. The van der Waals surface area contributed by atoms with Crippen molar-refractivity contribution >= 4 is 6.29 Å². The van der Waals surface area contributed by atoms with Crippen LogP contribution in [0.2, 0.25) is 0 Å². The lowest BCUT2D eigenvalue weighted by molar-refractivity contribution is 0.111. The monoisotopic (exact) mass is 250 g/mol. The van der Waals surface area contributed by atoms with Crippen molar-refractivity contribution in [3.63, 3.8) is 0 Å². The first-order chi connectivity index (χ1) is 8.83. The van der Waals surface area contributed by atoms with Crippen molar-refractivity contribution in [3.05, 3.63) is 23.8 Å². The first kappa shape index (κ1) is 14.6. The molecule has 0 bridgehead atoms. The molecule has 0 aromatic heterocycles. The van der Waals surface area contributed by atoms with Gasteiger partial charge < -0.3 is 9.47 Å². The molecule has 0 N–H and O–H groups in total. The molecule has 0 saturated heterocycles. The predicted octanol–water partition coefficient (Wildman–Crippen LogP) is 3.86. The first-order valence-electron chi connectivity index (χ1n) is 6.58. The van der Waals surface area contributed by atoms with Gasteiger partial charge in [-0.15, -0.1) is 0 Å². The largest absolute Gasteiger partial charge is 0.493 e. The Kier molecular flexibility index (Phi) is 6.92. The molecule has 0 spiro atoms. The van der Waals surface area contributed by atoms with Crippen LogP contribution in [0.25, 0.3) is 0 Å². The summed E-state index contributed by atoms with van der Waals surface area (Å²) < 4.78 is 10.9. The molecule has 0 unspecified atom stereocenters. The number of hydrogen-bond acceptors (Lipinski definition) is 3. The zero-order valence-electron chi connectivity index (χ0n) is 11.3. The minimum Gasteiger partial charge on any atom is -0.493 e. The number of carbonyl (C=O) groups excluding carboxylic acids is 1. The number of para-hydroxylation sites is 1. The molecule has 3 nitrogen and oxygen atoms in total. The van der Waals surface area contributed by atoms with Gasteiger partial charge in [-0.1, -0.05) is 38.7 Å². The van der Waals surface area contributed by atoms with E-state index in [9.17, 15) is 4.79 Å². The van der Waals surface area contributed by atoms with Crippen LogP contribution < -0.4 is 9.47 Å². The topological polar surface area (TPSA) is 35.5 Å². The Morgan fingerprint density at radius 1 is 1.17 bits per heavy atom. The van der Waals surface area contributed by atoms with E-state index in [2.05, 4.69) is 6.92 Å². The van der Waals surface area contributed by atoms with Crippen molar-refractivity contribution in [1.29, 1.82) is 0 Å². The Hall–Kier alpha value is -1.51. The normalized spacial score (nSPS) is 10.1. The maximum Gasteiger partial charge on any atom is 0.171 e. The van der Waals surface area contributed by atoms with Gasteiger partial charge >= 0.3 is 0 Å². The zero-order valence-corrected chi connectivity index (χ0v) is 11.3. The van der Waals surface area contributed by atoms with Gasteiger partial charge in [0.05, 0.1) is 19.3 Å². The van der Waals surface area contributed by atoms with E-state index in [0.717, 1.165) is 12.7 Å². The SMILES string of the molecule is CCCCCCCOc1c(C=O)cccc1OC. The van der Waals surface area contributed by atoms with Crippen molar-refractivity contribution in [2.24, 2.45) is 0 Å². The van der Waals surface area contributed by atoms with Gasteiger partial charge in [-0.25, -0.2) is 0 Å². The second-order valence-corrected chi connectivity index (χ2v) is 4.26. The summed E-state index contributed by atoms with van der Waals surface area (Å²) in [5, 5.41) is 0. The Morgan fingerprint density at radius 2 is 1.94 bits per heavy atom. The maximum absolute atomic E-state index is 10.9. The third-order valence-electron chi connectivity index (χ3n) is 2.85. The number of rotatable bonds is 9. The van der Waals surface area contributed by atoms with Crippen LogP contribution in [0.5, 0.6) is 11.5 Å². The van der Waals surface area contributed by atoms with Crippen LogP contribution in [0.1, 0.15) is 49.4 Å². The van der Waals surface area contributed by atoms with E-state index in [0.29, 0.717) is 23.7 Å². The molecule has 0 aliphatic carbocycles. The standard InChI is InChI=1S/C15H22O3/c1-3-4-5-6-7-11-18-15-13(12-16)9-8-10-14(15)17-2/h8-10,12H,3-7,11H2,1-2H3. The van der Waals surface area contributed by atoms with Crippen LogP contribution in [0.3, 0.4) is 0 Å². The molecule has 0 aliphatic heterocycles. The predicted molar refractivity (Wildman–Crippen MR) is 72.6 cm³/mol. The average Bonchev–Trinajstić information content (AvgIpc) is 2.42. The van der Waals surface area contributed by atoms with Crippen LogP contribution >= 0.6 is 0 Å². The Labute approximate surface area is 109 Å². The summed E-state index contributed by atoms with van der Waals surface area (Å²) in [6, 6.07) is 5.33. The van der Waals surface area contributed by atoms with Gasteiger partial charge in [0.25, 0.3) is 0 Å². The fourth-order valence-electron chi connectivity index (χ4n) is 1.82. The van der Waals surface area contributed by atoms with Gasteiger partial charge in [0.1, 0.15) is 0 Å². The highest BCUT2D eigenvalue weighted by molar-refractivity contribution is 5.81. The highest BCUT2D eigenvalue weighted by Gasteiger charge is 2.09. The zero-order chi connectivity index (χ0) is 13.2. The minimum absolute atomic E-state index is 0.544. The van der Waals surface area contributed by atoms with Gasteiger partial charge in [0.15, 0.2) is 17.8 Å². The first-order valence-corrected chi connectivity index (χ1v) is 6.58. The summed E-state index contributed by atoms with van der Waals surface area (Å²) in [5.41, 5.74) is 0.544. The van der Waals surface area contributed by atoms with Gasteiger partial charge in [-0.2, -0.15) is 0 Å². The van der Waals surface area contributed by atoms with E-state index >= 15 is 0 Å². The molecule has 0 saturated carbocycles. The number of carbonyl (C=O) groups is 1. The number of aldehydes is 1. The van der Waals surface area contributed by atoms with Crippen molar-refractivity contribution in [3.8, 4) is 11.5 Å². The molecular weight excluding hydrogens is 228 g/mol. The fourth-order valence-corrected chi connectivity index (χ4v) is 1.82. The molecule has 0 radical (unpaired) electrons. The molecular formula is C15H22O3. The molecule has 100 valence electrons. The molecule has 0 aliphatic rings. The molecule has 0 heterocycles. The molecule has 1 aromatic rings. The van der Waals surface area contributed by atoms with E-state index in [1.54, 1.807) is 25.3 Å². The molecule has 3 heteroatoms. The highest BCUT2D eigenvalue weighted by Crippen LogP contribution is 2.30. The van der Waals surface area contributed by atoms with Crippen molar-refractivity contribution in [2.75, 3.05) is 13.7 Å². The highest BCUT2D eigenvalue weighted by atomic mass is 16.5. The second-order valence-electron chi connectivity index (χ2n) is 4.26. The lowest BCUT2D eigenvalue weighted by atomic mass is 10.1. The van der Waals surface area contributed by atoms with Gasteiger partial charge in [0, 0.05) is 0 Å². The van der Waals surface area contributed by atoms with E-state index in [1.165, 1.54) is 25.7 Å². The van der Waals surface area contributed by atoms with Crippen molar-refractivity contribution in [2.45, 2.75) is 39.0 Å². The number of hydrogen-bond donors (Lipinski definition) is 0. The summed E-state index contributed by atoms with van der Waals surface area (Å²) in [4.78, 5) is 10.9. The van der Waals surface area contributed by atoms with E-state index in [-0.39, 0.29) is 0 Å². The molecule has 0 amide bonds. The Balaban J connectivity index is 2.47. The Morgan fingerprint density at radius 3 is 2.61 bits per heavy atom. The molecule has 1 rings (SSSR count). The second kappa shape index (κ2) is 8.56. The molecule has 1 aromatic carbocycles.